The van der Waals surface area contributed by atoms with Crippen LogP contribution >= 0.6 is 0 Å². The Labute approximate surface area is 125 Å². The van der Waals surface area contributed by atoms with Crippen LogP contribution in [0.15, 0.2) is 24.3 Å². The van der Waals surface area contributed by atoms with Gasteiger partial charge in [-0.05, 0) is 49.4 Å². The Morgan fingerprint density at radius 3 is 2.71 bits per heavy atom. The molecule has 1 aliphatic carbocycles. The van der Waals surface area contributed by atoms with E-state index in [0.717, 1.165) is 18.6 Å². The number of amides is 1. The lowest BCUT2D eigenvalue weighted by molar-refractivity contribution is 0.0729. The molecule has 2 aliphatic rings. The summed E-state index contributed by atoms with van der Waals surface area (Å²) in [7, 11) is 0. The number of carbonyl (C=O) groups excluding carboxylic acids is 1. The molecule has 110 valence electrons. The van der Waals surface area contributed by atoms with Gasteiger partial charge in [0.2, 0.25) is 0 Å². The number of nitrogens with two attached hydrogens (primary N) is 1. The van der Waals surface area contributed by atoms with Gasteiger partial charge in [-0.1, -0.05) is 11.8 Å². The molecule has 0 bridgehead atoms. The van der Waals surface area contributed by atoms with E-state index in [1.807, 2.05) is 12.1 Å². The molecule has 1 aromatic rings. The molecule has 1 aliphatic heterocycles. The number of rotatable bonds is 3. The molecule has 0 radical (unpaired) electrons. The molecule has 2 atom stereocenters. The second kappa shape index (κ2) is 6.30. The van der Waals surface area contributed by atoms with Crippen molar-refractivity contribution in [1.82, 2.24) is 5.32 Å². The predicted molar refractivity (Wildman–Crippen MR) is 80.7 cm³/mol. The summed E-state index contributed by atoms with van der Waals surface area (Å²) >= 11 is 0. The Morgan fingerprint density at radius 1 is 1.29 bits per heavy atom. The lowest BCUT2D eigenvalue weighted by Gasteiger charge is -2.19. The lowest BCUT2D eigenvalue weighted by Crippen LogP contribution is -2.41. The number of hydrogen-bond donors (Lipinski definition) is 2. The Morgan fingerprint density at radius 2 is 2.05 bits per heavy atom. The van der Waals surface area contributed by atoms with Crippen molar-refractivity contribution >= 4 is 5.91 Å². The molecule has 21 heavy (non-hydrogen) atoms. The van der Waals surface area contributed by atoms with E-state index < -0.39 is 0 Å². The summed E-state index contributed by atoms with van der Waals surface area (Å²) in [5, 5.41) is 3.11. The maximum Gasteiger partial charge on any atom is 0.251 e. The third-order valence-corrected chi connectivity index (χ3v) is 4.02. The van der Waals surface area contributed by atoms with Crippen molar-refractivity contribution in [2.24, 2.45) is 11.7 Å². The first-order chi connectivity index (χ1) is 10.3. The van der Waals surface area contributed by atoms with Gasteiger partial charge < -0.3 is 15.8 Å². The largest absolute Gasteiger partial charge is 0.376 e. The lowest BCUT2D eigenvalue weighted by atomic mass is 10.1. The SMILES string of the molecule is NCC#Cc1ccc(C(=O)NC2CCOC2C2CC2)cc1. The van der Waals surface area contributed by atoms with Crippen LogP contribution in [0.3, 0.4) is 0 Å². The van der Waals surface area contributed by atoms with Gasteiger partial charge in [-0.15, -0.1) is 0 Å². The normalized spacial score (nSPS) is 24.2. The molecule has 0 spiro atoms. The molecule has 3 rings (SSSR count). The highest BCUT2D eigenvalue weighted by molar-refractivity contribution is 5.94. The first-order valence-electron chi connectivity index (χ1n) is 7.49. The maximum atomic E-state index is 12.3. The van der Waals surface area contributed by atoms with Gasteiger partial charge in [0, 0.05) is 17.7 Å². The van der Waals surface area contributed by atoms with E-state index in [1.54, 1.807) is 12.1 Å². The molecule has 1 saturated carbocycles. The van der Waals surface area contributed by atoms with Gasteiger partial charge in [0.05, 0.1) is 18.7 Å². The standard InChI is InChI=1S/C17H20N2O2/c18-10-1-2-12-3-5-14(6-4-12)17(20)19-15-9-11-21-16(15)13-7-8-13/h3-6,13,15-16H,7-11,18H2,(H,19,20). The third-order valence-electron chi connectivity index (χ3n) is 4.02. The van der Waals surface area contributed by atoms with Gasteiger partial charge in [-0.25, -0.2) is 0 Å². The number of ether oxygens (including phenoxy) is 1. The molecule has 4 nitrogen and oxygen atoms in total. The second-order valence-electron chi connectivity index (χ2n) is 5.62. The molecule has 0 aromatic heterocycles. The van der Waals surface area contributed by atoms with Crippen LogP contribution in [0.1, 0.15) is 35.2 Å². The van der Waals surface area contributed by atoms with Crippen LogP contribution in [-0.4, -0.2) is 31.2 Å². The van der Waals surface area contributed by atoms with E-state index in [2.05, 4.69) is 17.2 Å². The van der Waals surface area contributed by atoms with Crippen molar-refractivity contribution in [3.63, 3.8) is 0 Å². The Balaban J connectivity index is 1.62. The molecular weight excluding hydrogens is 264 g/mol. The van der Waals surface area contributed by atoms with Crippen LogP contribution in [0.2, 0.25) is 0 Å². The quantitative estimate of drug-likeness (QED) is 0.822. The minimum Gasteiger partial charge on any atom is -0.376 e. The highest BCUT2D eigenvalue weighted by Crippen LogP contribution is 2.38. The summed E-state index contributed by atoms with van der Waals surface area (Å²) in [4.78, 5) is 12.3. The zero-order chi connectivity index (χ0) is 14.7. The predicted octanol–water partition coefficient (Wildman–Crippen LogP) is 1.29. The first kappa shape index (κ1) is 14.1. The van der Waals surface area contributed by atoms with Crippen LogP contribution in [0.4, 0.5) is 0 Å². The van der Waals surface area contributed by atoms with Crippen molar-refractivity contribution in [2.45, 2.75) is 31.4 Å². The summed E-state index contributed by atoms with van der Waals surface area (Å²) in [6, 6.07) is 7.46. The Bertz CT molecular complexity index is 567. The minimum atomic E-state index is -0.0329. The van der Waals surface area contributed by atoms with E-state index in [0.29, 0.717) is 18.0 Å². The average molecular weight is 284 g/mol. The fourth-order valence-electron chi connectivity index (χ4n) is 2.76. The molecule has 3 N–H and O–H groups in total. The first-order valence-corrected chi connectivity index (χ1v) is 7.49. The minimum absolute atomic E-state index is 0.0329. The molecule has 4 heteroatoms. The molecule has 1 heterocycles. The van der Waals surface area contributed by atoms with Crippen LogP contribution in [0.25, 0.3) is 0 Å². The number of carbonyl (C=O) groups is 1. The molecule has 1 amide bonds. The summed E-state index contributed by atoms with van der Waals surface area (Å²) in [6.45, 7) is 1.09. The van der Waals surface area contributed by atoms with Crippen molar-refractivity contribution in [3.05, 3.63) is 35.4 Å². The summed E-state index contributed by atoms with van der Waals surface area (Å²) in [6.07, 6.45) is 3.58. The van der Waals surface area contributed by atoms with Crippen molar-refractivity contribution in [2.75, 3.05) is 13.2 Å². The van der Waals surface area contributed by atoms with Gasteiger partial charge in [0.15, 0.2) is 0 Å². The summed E-state index contributed by atoms with van der Waals surface area (Å²) in [5.74, 6) is 6.36. The van der Waals surface area contributed by atoms with Crippen molar-refractivity contribution in [1.29, 1.82) is 0 Å². The smallest absolute Gasteiger partial charge is 0.251 e. The van der Waals surface area contributed by atoms with Gasteiger partial charge in [0.1, 0.15) is 0 Å². The van der Waals surface area contributed by atoms with Gasteiger partial charge in [-0.3, -0.25) is 4.79 Å². The fourth-order valence-corrected chi connectivity index (χ4v) is 2.76. The third kappa shape index (κ3) is 3.44. The maximum absolute atomic E-state index is 12.3. The average Bonchev–Trinajstić information content (AvgIpc) is 3.26. The fraction of sp³-hybridized carbons (Fsp3) is 0.471. The number of nitrogens with one attached hydrogen (secondary N) is 1. The van der Waals surface area contributed by atoms with Crippen molar-refractivity contribution in [3.8, 4) is 11.8 Å². The highest BCUT2D eigenvalue weighted by Gasteiger charge is 2.41. The summed E-state index contributed by atoms with van der Waals surface area (Å²) in [5.41, 5.74) is 6.87. The van der Waals surface area contributed by atoms with Crippen LogP contribution in [0, 0.1) is 17.8 Å². The number of hydrogen-bond acceptors (Lipinski definition) is 3. The van der Waals surface area contributed by atoms with E-state index in [-0.39, 0.29) is 18.1 Å². The second-order valence-corrected chi connectivity index (χ2v) is 5.62. The molecule has 1 aromatic carbocycles. The van der Waals surface area contributed by atoms with E-state index in [4.69, 9.17) is 10.5 Å². The number of benzene rings is 1. The zero-order valence-corrected chi connectivity index (χ0v) is 12.0. The van der Waals surface area contributed by atoms with E-state index in [1.165, 1.54) is 12.8 Å². The van der Waals surface area contributed by atoms with Crippen molar-refractivity contribution < 1.29 is 9.53 Å². The van der Waals surface area contributed by atoms with E-state index >= 15 is 0 Å². The molecular formula is C17H20N2O2. The van der Waals surface area contributed by atoms with Gasteiger partial charge in [0.25, 0.3) is 5.91 Å². The Kier molecular flexibility index (Phi) is 4.23. The Hall–Kier alpha value is -1.83. The van der Waals surface area contributed by atoms with Crippen LogP contribution in [-0.2, 0) is 4.74 Å². The van der Waals surface area contributed by atoms with Crippen LogP contribution in [0.5, 0.6) is 0 Å². The highest BCUT2D eigenvalue weighted by atomic mass is 16.5. The van der Waals surface area contributed by atoms with Gasteiger partial charge in [-0.2, -0.15) is 0 Å². The monoisotopic (exact) mass is 284 g/mol. The molecule has 2 unspecified atom stereocenters. The zero-order valence-electron chi connectivity index (χ0n) is 12.0. The van der Waals surface area contributed by atoms with Gasteiger partial charge >= 0.3 is 0 Å². The summed E-state index contributed by atoms with van der Waals surface area (Å²) < 4.78 is 5.74. The molecule has 2 fully saturated rings. The van der Waals surface area contributed by atoms with E-state index in [9.17, 15) is 4.79 Å². The topological polar surface area (TPSA) is 64.4 Å². The molecule has 1 saturated heterocycles. The van der Waals surface area contributed by atoms with Crippen LogP contribution < -0.4 is 11.1 Å².